The molecule has 1 aromatic rings. The first-order valence-corrected chi connectivity index (χ1v) is 11.7. The molecule has 1 atom stereocenters. The third-order valence-corrected chi connectivity index (χ3v) is 6.19. The van der Waals surface area contributed by atoms with E-state index in [1.54, 1.807) is 0 Å². The molecule has 0 bridgehead atoms. The number of aliphatic imine (C=N–C) groups is 1. The molecular formula is C19H30ClN3O2S. The fourth-order valence-corrected chi connectivity index (χ4v) is 4.10. The number of rotatable bonds is 8. The molecule has 1 aliphatic rings. The van der Waals surface area contributed by atoms with E-state index in [-0.39, 0.29) is 17.2 Å². The third-order valence-electron chi connectivity index (χ3n) is 4.96. The molecule has 1 saturated carbocycles. The Morgan fingerprint density at radius 1 is 1.31 bits per heavy atom. The molecule has 1 aromatic carbocycles. The van der Waals surface area contributed by atoms with Crippen LogP contribution in [0.5, 0.6) is 0 Å². The molecule has 1 fully saturated rings. The highest BCUT2D eigenvalue weighted by Gasteiger charge is 2.38. The van der Waals surface area contributed by atoms with Crippen LogP contribution in [-0.4, -0.2) is 45.5 Å². The first-order chi connectivity index (χ1) is 12.2. The lowest BCUT2D eigenvalue weighted by Gasteiger charge is -2.41. The molecule has 0 heterocycles. The summed E-state index contributed by atoms with van der Waals surface area (Å²) in [6, 6.07) is 8.13. The van der Waals surface area contributed by atoms with Crippen LogP contribution in [0.15, 0.2) is 29.3 Å². The van der Waals surface area contributed by atoms with Crippen LogP contribution in [0.1, 0.15) is 45.1 Å². The van der Waals surface area contributed by atoms with Crippen molar-refractivity contribution in [3.8, 4) is 0 Å². The molecule has 0 aromatic heterocycles. The van der Waals surface area contributed by atoms with Gasteiger partial charge in [-0.3, -0.25) is 4.99 Å². The van der Waals surface area contributed by atoms with E-state index in [0.717, 1.165) is 30.4 Å². The topological polar surface area (TPSA) is 70.6 Å². The second-order valence-corrected chi connectivity index (χ2v) is 10.00. The van der Waals surface area contributed by atoms with Crippen LogP contribution in [0, 0.1) is 0 Å². The maximum absolute atomic E-state index is 11.3. The van der Waals surface area contributed by atoms with Crippen LogP contribution in [0.4, 0.5) is 0 Å². The van der Waals surface area contributed by atoms with Gasteiger partial charge < -0.3 is 10.6 Å². The maximum atomic E-state index is 11.3. The van der Waals surface area contributed by atoms with E-state index in [9.17, 15) is 8.42 Å². The lowest BCUT2D eigenvalue weighted by molar-refractivity contribution is 0.253. The summed E-state index contributed by atoms with van der Waals surface area (Å²) in [7, 11) is -2.95. The van der Waals surface area contributed by atoms with Gasteiger partial charge in [-0.1, -0.05) is 30.2 Å². The maximum Gasteiger partial charge on any atom is 0.191 e. The number of benzene rings is 1. The highest BCUT2D eigenvalue weighted by molar-refractivity contribution is 7.90. The summed E-state index contributed by atoms with van der Waals surface area (Å²) in [5.74, 6) is 0.920. The van der Waals surface area contributed by atoms with E-state index in [0.29, 0.717) is 13.0 Å². The Hall–Kier alpha value is -1.27. The average Bonchev–Trinajstić information content (AvgIpc) is 2.53. The summed E-state index contributed by atoms with van der Waals surface area (Å²) in [6.45, 7) is 5.48. The highest BCUT2D eigenvalue weighted by atomic mass is 35.5. The van der Waals surface area contributed by atoms with Crippen molar-refractivity contribution in [2.45, 2.75) is 51.0 Å². The highest BCUT2D eigenvalue weighted by Crippen LogP contribution is 2.44. The van der Waals surface area contributed by atoms with Gasteiger partial charge in [0.1, 0.15) is 9.84 Å². The Labute approximate surface area is 162 Å². The quantitative estimate of drug-likeness (QED) is 0.520. The molecule has 26 heavy (non-hydrogen) atoms. The molecule has 0 aliphatic heterocycles. The summed E-state index contributed by atoms with van der Waals surface area (Å²) in [6.07, 6.45) is 5.30. The minimum atomic E-state index is -2.95. The van der Waals surface area contributed by atoms with Crippen molar-refractivity contribution >= 4 is 27.4 Å². The molecule has 2 N–H and O–H groups in total. The monoisotopic (exact) mass is 399 g/mol. The summed E-state index contributed by atoms with van der Waals surface area (Å²) in [5, 5.41) is 7.34. The van der Waals surface area contributed by atoms with Gasteiger partial charge in [0.2, 0.25) is 0 Å². The molecule has 0 amide bonds. The van der Waals surface area contributed by atoms with Crippen LogP contribution < -0.4 is 10.6 Å². The molecule has 5 nitrogen and oxygen atoms in total. The van der Waals surface area contributed by atoms with Gasteiger partial charge in [0.05, 0.1) is 12.3 Å². The summed E-state index contributed by atoms with van der Waals surface area (Å²) in [5.41, 5.74) is 1.38. The van der Waals surface area contributed by atoms with Crippen LogP contribution in [0.3, 0.4) is 0 Å². The Morgan fingerprint density at radius 3 is 2.46 bits per heavy atom. The van der Waals surface area contributed by atoms with Gasteiger partial charge in [-0.25, -0.2) is 8.42 Å². The van der Waals surface area contributed by atoms with E-state index in [4.69, 9.17) is 16.6 Å². The van der Waals surface area contributed by atoms with Gasteiger partial charge in [0.15, 0.2) is 5.96 Å². The molecule has 1 unspecified atom stereocenters. The van der Waals surface area contributed by atoms with E-state index >= 15 is 0 Å². The normalized spacial score (nSPS) is 18.1. The fourth-order valence-electron chi connectivity index (χ4n) is 3.19. The Bertz CT molecular complexity index is 713. The Morgan fingerprint density at radius 2 is 1.96 bits per heavy atom. The zero-order valence-electron chi connectivity index (χ0n) is 15.9. The number of sulfone groups is 1. The van der Waals surface area contributed by atoms with Crippen LogP contribution in [0.25, 0.3) is 0 Å². The third kappa shape index (κ3) is 6.16. The predicted octanol–water partition coefficient (Wildman–Crippen LogP) is 3.14. The molecule has 0 saturated heterocycles. The van der Waals surface area contributed by atoms with Gasteiger partial charge in [-0.2, -0.15) is 0 Å². The molecule has 2 rings (SSSR count). The second-order valence-electron chi connectivity index (χ2n) is 7.30. The fraction of sp³-hybridized carbons (Fsp3) is 0.632. The minimum absolute atomic E-state index is 0.0374. The van der Waals surface area contributed by atoms with E-state index in [2.05, 4.69) is 22.8 Å². The predicted molar refractivity (Wildman–Crippen MR) is 110 cm³/mol. The van der Waals surface area contributed by atoms with E-state index in [1.165, 1.54) is 18.2 Å². The van der Waals surface area contributed by atoms with Crippen molar-refractivity contribution in [2.24, 2.45) is 4.99 Å². The van der Waals surface area contributed by atoms with Gasteiger partial charge in [0.25, 0.3) is 0 Å². The lowest BCUT2D eigenvalue weighted by atomic mass is 9.64. The van der Waals surface area contributed by atoms with Crippen molar-refractivity contribution in [2.75, 3.05) is 25.1 Å². The zero-order valence-corrected chi connectivity index (χ0v) is 17.5. The number of halogens is 1. The molecule has 146 valence electrons. The molecule has 0 spiro atoms. The van der Waals surface area contributed by atoms with Crippen molar-refractivity contribution in [3.63, 3.8) is 0 Å². The summed E-state index contributed by atoms with van der Waals surface area (Å²) < 4.78 is 22.7. The van der Waals surface area contributed by atoms with Crippen LogP contribution in [-0.2, 0) is 15.3 Å². The second kappa shape index (κ2) is 9.09. The summed E-state index contributed by atoms with van der Waals surface area (Å²) in [4.78, 5) is 4.80. The first kappa shape index (κ1) is 21.0. The van der Waals surface area contributed by atoms with Crippen LogP contribution in [0.2, 0.25) is 5.02 Å². The zero-order chi connectivity index (χ0) is 19.2. The first-order valence-electron chi connectivity index (χ1n) is 9.23. The van der Waals surface area contributed by atoms with Crippen LogP contribution >= 0.6 is 11.6 Å². The number of nitrogens with one attached hydrogen (secondary N) is 2. The van der Waals surface area contributed by atoms with Crippen molar-refractivity contribution in [1.29, 1.82) is 0 Å². The molecular weight excluding hydrogens is 370 g/mol. The van der Waals surface area contributed by atoms with Crippen molar-refractivity contribution in [1.82, 2.24) is 10.6 Å². The smallest absolute Gasteiger partial charge is 0.191 e. The number of hydrogen-bond donors (Lipinski definition) is 2. The number of guanidine groups is 1. The minimum Gasteiger partial charge on any atom is -0.357 e. The average molecular weight is 400 g/mol. The van der Waals surface area contributed by atoms with Crippen molar-refractivity contribution < 1.29 is 8.42 Å². The number of hydrogen-bond acceptors (Lipinski definition) is 3. The largest absolute Gasteiger partial charge is 0.357 e. The Balaban J connectivity index is 2.03. The number of nitrogens with zero attached hydrogens (tertiary/aromatic N) is 1. The molecule has 7 heteroatoms. The lowest BCUT2D eigenvalue weighted by Crippen LogP contribution is -2.45. The standard InChI is InChI=1S/C19H30ClN3O2S/c1-4-21-18(23-15(2)10-13-26(3,24)25)22-14-19(11-5-12-19)16-6-8-17(20)9-7-16/h6-9,15H,4-5,10-14H2,1-3H3,(H2,21,22,23). The van der Waals surface area contributed by atoms with E-state index < -0.39 is 9.84 Å². The molecule has 0 radical (unpaired) electrons. The van der Waals surface area contributed by atoms with Gasteiger partial charge in [-0.15, -0.1) is 0 Å². The SMILES string of the molecule is CCNC(=NCC1(c2ccc(Cl)cc2)CCC1)NC(C)CCS(C)(=O)=O. The molecule has 1 aliphatic carbocycles. The van der Waals surface area contributed by atoms with Gasteiger partial charge in [0, 0.05) is 29.3 Å². The van der Waals surface area contributed by atoms with E-state index in [1.807, 2.05) is 26.0 Å². The van der Waals surface area contributed by atoms with Crippen molar-refractivity contribution in [3.05, 3.63) is 34.9 Å². The summed E-state index contributed by atoms with van der Waals surface area (Å²) >= 11 is 6.02. The van der Waals surface area contributed by atoms with Gasteiger partial charge >= 0.3 is 0 Å². The van der Waals surface area contributed by atoms with Gasteiger partial charge in [-0.05, 0) is 50.8 Å². The Kier molecular flexibility index (Phi) is 7.35.